The minimum absolute atomic E-state index is 0.0214. The molecule has 0 rings (SSSR count). The molecule has 0 aliphatic heterocycles. The van der Waals surface area contributed by atoms with E-state index in [1.54, 1.807) is 0 Å². The second kappa shape index (κ2) is 11.1. The number of methoxy groups -OCH3 is 2. The first-order valence-corrected chi connectivity index (χ1v) is 6.80. The Hall–Kier alpha value is -1.06. The minimum atomic E-state index is -0.162. The van der Waals surface area contributed by atoms with Crippen molar-refractivity contribution >= 4 is 11.9 Å². The van der Waals surface area contributed by atoms with Crippen LogP contribution >= 0.6 is 0 Å². The smallest absolute Gasteiger partial charge is 0.308 e. The predicted molar refractivity (Wildman–Crippen MR) is 70.1 cm³/mol. The molecular weight excluding hydrogens is 232 g/mol. The third-order valence-electron chi connectivity index (χ3n) is 3.10. The van der Waals surface area contributed by atoms with Crippen LogP contribution in [0, 0.1) is 5.92 Å². The van der Waals surface area contributed by atoms with Crippen LogP contribution in [0.3, 0.4) is 0 Å². The molecule has 0 saturated heterocycles. The molecular formula is C14H26O4. The van der Waals surface area contributed by atoms with E-state index in [1.807, 2.05) is 0 Å². The molecule has 106 valence electrons. The average molecular weight is 258 g/mol. The summed E-state index contributed by atoms with van der Waals surface area (Å²) in [5.41, 5.74) is 0. The summed E-state index contributed by atoms with van der Waals surface area (Å²) in [5.74, 6) is -0.241. The molecule has 4 heteroatoms. The average Bonchev–Trinajstić information content (AvgIpc) is 2.40. The summed E-state index contributed by atoms with van der Waals surface area (Å²) in [7, 11) is 2.85. The fourth-order valence-electron chi connectivity index (χ4n) is 1.94. The Morgan fingerprint density at radius 1 is 0.944 bits per heavy atom. The summed E-state index contributed by atoms with van der Waals surface area (Å²) >= 11 is 0. The Labute approximate surface area is 110 Å². The van der Waals surface area contributed by atoms with Crippen molar-refractivity contribution in [1.82, 2.24) is 0 Å². The molecule has 0 fully saturated rings. The van der Waals surface area contributed by atoms with E-state index in [0.717, 1.165) is 44.9 Å². The predicted octanol–water partition coefficient (Wildman–Crippen LogP) is 3.09. The first-order valence-electron chi connectivity index (χ1n) is 6.80. The number of hydrogen-bond donors (Lipinski definition) is 0. The summed E-state index contributed by atoms with van der Waals surface area (Å²) in [6, 6.07) is 0. The van der Waals surface area contributed by atoms with E-state index in [9.17, 15) is 9.59 Å². The van der Waals surface area contributed by atoms with Gasteiger partial charge < -0.3 is 9.47 Å². The number of rotatable bonds is 10. The molecule has 18 heavy (non-hydrogen) atoms. The van der Waals surface area contributed by atoms with E-state index in [1.165, 1.54) is 14.2 Å². The Kier molecular flexibility index (Phi) is 10.4. The van der Waals surface area contributed by atoms with Crippen molar-refractivity contribution in [2.45, 2.75) is 58.3 Å². The molecule has 0 saturated carbocycles. The van der Waals surface area contributed by atoms with Crippen molar-refractivity contribution < 1.29 is 19.1 Å². The van der Waals surface area contributed by atoms with Crippen LogP contribution in [0.2, 0.25) is 0 Å². The molecule has 0 aromatic rings. The van der Waals surface area contributed by atoms with Crippen molar-refractivity contribution in [3.05, 3.63) is 0 Å². The van der Waals surface area contributed by atoms with E-state index < -0.39 is 0 Å². The zero-order valence-corrected chi connectivity index (χ0v) is 11.9. The SMILES string of the molecule is CCCCC(CCCCCC(=O)OC)C(=O)OC. The molecule has 0 aromatic carbocycles. The highest BCUT2D eigenvalue weighted by Crippen LogP contribution is 2.18. The van der Waals surface area contributed by atoms with Crippen molar-refractivity contribution in [2.75, 3.05) is 14.2 Å². The lowest BCUT2D eigenvalue weighted by Gasteiger charge is -2.13. The highest BCUT2D eigenvalue weighted by atomic mass is 16.5. The number of ether oxygens (including phenoxy) is 2. The lowest BCUT2D eigenvalue weighted by molar-refractivity contribution is -0.146. The van der Waals surface area contributed by atoms with Crippen LogP contribution in [0.1, 0.15) is 58.3 Å². The van der Waals surface area contributed by atoms with Gasteiger partial charge in [-0.3, -0.25) is 9.59 Å². The lowest BCUT2D eigenvalue weighted by Crippen LogP contribution is -2.16. The molecule has 1 atom stereocenters. The van der Waals surface area contributed by atoms with Gasteiger partial charge in [-0.1, -0.05) is 32.6 Å². The highest BCUT2D eigenvalue weighted by molar-refractivity contribution is 5.72. The van der Waals surface area contributed by atoms with Crippen LogP contribution in [-0.2, 0) is 19.1 Å². The first-order chi connectivity index (χ1) is 8.65. The number of unbranched alkanes of at least 4 members (excludes halogenated alkanes) is 3. The summed E-state index contributed by atoms with van der Waals surface area (Å²) in [4.78, 5) is 22.4. The standard InChI is InChI=1S/C14H26O4/c1-4-5-9-12(14(16)18-3)10-7-6-8-11-13(15)17-2/h12H,4-11H2,1-3H3. The number of hydrogen-bond acceptors (Lipinski definition) is 4. The third kappa shape index (κ3) is 8.09. The van der Waals surface area contributed by atoms with Crippen LogP contribution in [0.4, 0.5) is 0 Å². The van der Waals surface area contributed by atoms with Gasteiger partial charge in [-0.2, -0.15) is 0 Å². The third-order valence-corrected chi connectivity index (χ3v) is 3.10. The van der Waals surface area contributed by atoms with Gasteiger partial charge in [0.2, 0.25) is 0 Å². The van der Waals surface area contributed by atoms with E-state index in [4.69, 9.17) is 4.74 Å². The van der Waals surface area contributed by atoms with Gasteiger partial charge in [-0.25, -0.2) is 0 Å². The van der Waals surface area contributed by atoms with Crippen LogP contribution in [0.5, 0.6) is 0 Å². The summed E-state index contributed by atoms with van der Waals surface area (Å²) < 4.78 is 9.38. The largest absolute Gasteiger partial charge is 0.469 e. The Morgan fingerprint density at radius 3 is 2.17 bits per heavy atom. The first kappa shape index (κ1) is 16.9. The van der Waals surface area contributed by atoms with E-state index >= 15 is 0 Å². The van der Waals surface area contributed by atoms with E-state index in [-0.39, 0.29) is 17.9 Å². The molecule has 0 bridgehead atoms. The van der Waals surface area contributed by atoms with Gasteiger partial charge >= 0.3 is 11.9 Å². The summed E-state index contributed by atoms with van der Waals surface area (Å²) in [6.07, 6.45) is 7.11. The number of carbonyl (C=O) groups is 2. The van der Waals surface area contributed by atoms with Gasteiger partial charge in [-0.05, 0) is 19.3 Å². The Morgan fingerprint density at radius 2 is 1.61 bits per heavy atom. The monoisotopic (exact) mass is 258 g/mol. The van der Waals surface area contributed by atoms with Crippen LogP contribution < -0.4 is 0 Å². The highest BCUT2D eigenvalue weighted by Gasteiger charge is 2.17. The fourth-order valence-corrected chi connectivity index (χ4v) is 1.94. The van der Waals surface area contributed by atoms with Crippen molar-refractivity contribution in [3.63, 3.8) is 0 Å². The molecule has 0 heterocycles. The molecule has 0 aliphatic carbocycles. The molecule has 0 aliphatic rings. The van der Waals surface area contributed by atoms with Gasteiger partial charge in [0.15, 0.2) is 0 Å². The maximum atomic E-state index is 11.5. The van der Waals surface area contributed by atoms with Crippen LogP contribution in [0.15, 0.2) is 0 Å². The van der Waals surface area contributed by atoms with Crippen molar-refractivity contribution in [1.29, 1.82) is 0 Å². The maximum Gasteiger partial charge on any atom is 0.308 e. The van der Waals surface area contributed by atoms with Gasteiger partial charge in [-0.15, -0.1) is 0 Å². The van der Waals surface area contributed by atoms with Crippen LogP contribution in [-0.4, -0.2) is 26.2 Å². The second-order valence-electron chi connectivity index (χ2n) is 4.54. The number of carbonyl (C=O) groups excluding carboxylic acids is 2. The van der Waals surface area contributed by atoms with E-state index in [0.29, 0.717) is 6.42 Å². The zero-order valence-electron chi connectivity index (χ0n) is 11.9. The van der Waals surface area contributed by atoms with Gasteiger partial charge in [0.05, 0.1) is 20.1 Å². The quantitative estimate of drug-likeness (QED) is 0.446. The van der Waals surface area contributed by atoms with Crippen LogP contribution in [0.25, 0.3) is 0 Å². The van der Waals surface area contributed by atoms with E-state index in [2.05, 4.69) is 11.7 Å². The molecule has 0 N–H and O–H groups in total. The molecule has 0 radical (unpaired) electrons. The lowest BCUT2D eigenvalue weighted by atomic mass is 9.95. The normalized spacial score (nSPS) is 11.9. The van der Waals surface area contributed by atoms with Gasteiger partial charge in [0, 0.05) is 6.42 Å². The minimum Gasteiger partial charge on any atom is -0.469 e. The molecule has 1 unspecified atom stereocenters. The zero-order chi connectivity index (χ0) is 13.8. The topological polar surface area (TPSA) is 52.6 Å². The van der Waals surface area contributed by atoms with Gasteiger partial charge in [0.25, 0.3) is 0 Å². The summed E-state index contributed by atoms with van der Waals surface area (Å²) in [5, 5.41) is 0. The fraction of sp³-hybridized carbons (Fsp3) is 0.857. The summed E-state index contributed by atoms with van der Waals surface area (Å²) in [6.45, 7) is 2.12. The molecule has 0 spiro atoms. The second-order valence-corrected chi connectivity index (χ2v) is 4.54. The molecule has 0 amide bonds. The number of esters is 2. The van der Waals surface area contributed by atoms with Crippen molar-refractivity contribution in [2.24, 2.45) is 5.92 Å². The molecule has 4 nitrogen and oxygen atoms in total. The Balaban J connectivity index is 3.75. The maximum absolute atomic E-state index is 11.5. The van der Waals surface area contributed by atoms with Crippen molar-refractivity contribution in [3.8, 4) is 0 Å². The molecule has 0 aromatic heterocycles. The van der Waals surface area contributed by atoms with Gasteiger partial charge in [0.1, 0.15) is 0 Å². The Bertz CT molecular complexity index is 238.